The van der Waals surface area contributed by atoms with E-state index in [2.05, 4.69) is 10.1 Å². The van der Waals surface area contributed by atoms with E-state index >= 15 is 0 Å². The number of nitrogens with one attached hydrogen (secondary N) is 2. The van der Waals surface area contributed by atoms with Crippen molar-refractivity contribution in [3.8, 4) is 0 Å². The molecule has 2 saturated carbocycles. The normalized spacial score (nSPS) is 23.4. The Balaban J connectivity index is 2.30. The van der Waals surface area contributed by atoms with Gasteiger partial charge in [0.25, 0.3) is 0 Å². The Labute approximate surface area is 266 Å². The summed E-state index contributed by atoms with van der Waals surface area (Å²) in [5.41, 5.74) is 0. The molecule has 12 nitrogen and oxygen atoms in total. The minimum Gasteiger partial charge on any atom is -0.390 e. The van der Waals surface area contributed by atoms with Crippen LogP contribution in [0.2, 0.25) is 0 Å². The molecule has 14 heteroatoms. The van der Waals surface area contributed by atoms with Crippen LogP contribution in [0.25, 0.3) is 0 Å². The number of aliphatic hydroxyl groups excluding tert-OH is 1. The second kappa shape index (κ2) is 18.1. The number of rotatable bonds is 18. The van der Waals surface area contributed by atoms with E-state index in [1.54, 1.807) is 18.7 Å². The molecule has 0 saturated heterocycles. The largest absolute Gasteiger partial charge is 0.390 e. The number of nitrogens with two attached hydrogens (primary N) is 1. The highest BCUT2D eigenvalue weighted by Crippen LogP contribution is 2.35. The van der Waals surface area contributed by atoms with Crippen LogP contribution in [-0.2, 0) is 29.6 Å². The Morgan fingerprint density at radius 2 is 1.45 bits per heavy atom. The molecule has 2 amide bonds. The zero-order valence-electron chi connectivity index (χ0n) is 27.5. The number of primary sulfonamides is 1. The summed E-state index contributed by atoms with van der Waals surface area (Å²) in [6.45, 7) is 10.5. The molecule has 0 aliphatic heterocycles. The maximum Gasteiger partial charge on any atom is 0.226 e. The number of hydrogen-bond acceptors (Lipinski definition) is 8. The van der Waals surface area contributed by atoms with Gasteiger partial charge < -0.3 is 15.3 Å². The van der Waals surface area contributed by atoms with Gasteiger partial charge in [0, 0.05) is 38.0 Å². The lowest BCUT2D eigenvalue weighted by Crippen LogP contribution is -2.55. The van der Waals surface area contributed by atoms with Gasteiger partial charge in [-0.1, -0.05) is 52.9 Å². The molecule has 0 aromatic carbocycles. The molecule has 258 valence electrons. The molecule has 5 atom stereocenters. The van der Waals surface area contributed by atoms with Gasteiger partial charge in [-0.15, -0.1) is 4.83 Å². The fourth-order valence-electron chi connectivity index (χ4n) is 6.56. The molecule has 0 aromatic rings. The molecule has 2 rings (SSSR count). The third-order valence-corrected chi connectivity index (χ3v) is 12.1. The highest BCUT2D eigenvalue weighted by molar-refractivity contribution is 7.90. The predicted octanol–water partition coefficient (Wildman–Crippen LogP) is 2.48. The summed E-state index contributed by atoms with van der Waals surface area (Å²) >= 11 is 0. The number of hydrogen-bond donors (Lipinski definition) is 4. The Kier molecular flexibility index (Phi) is 16.0. The highest BCUT2D eigenvalue weighted by Gasteiger charge is 2.42. The Morgan fingerprint density at radius 1 is 0.886 bits per heavy atom. The van der Waals surface area contributed by atoms with Crippen LogP contribution in [0.5, 0.6) is 0 Å². The highest BCUT2D eigenvalue weighted by atomic mass is 32.2. The lowest BCUT2D eigenvalue weighted by Gasteiger charge is -2.37. The van der Waals surface area contributed by atoms with Crippen LogP contribution in [-0.4, -0.2) is 92.5 Å². The van der Waals surface area contributed by atoms with Gasteiger partial charge in [-0.25, -0.2) is 27.0 Å². The van der Waals surface area contributed by atoms with Crippen LogP contribution in [0.3, 0.4) is 0 Å². The molecule has 5 N–H and O–H groups in total. The molecule has 0 heterocycles. The average Bonchev–Trinajstić information content (AvgIpc) is 2.96. The van der Waals surface area contributed by atoms with Gasteiger partial charge in [0.15, 0.2) is 0 Å². The van der Waals surface area contributed by atoms with Crippen molar-refractivity contribution in [1.29, 1.82) is 0 Å². The second-order valence-electron chi connectivity index (χ2n) is 13.2. The van der Waals surface area contributed by atoms with Crippen molar-refractivity contribution in [3.05, 3.63) is 0 Å². The standard InChI is InChI=1S/C30H59N5O7S2/c1-6-14-34(15-7-2)30(38)25-18-24(19-26(20-25)43(31,39)40)29(37)32-27(17-23-12-10-9-11-13-23)28(36)21-35(16-8-3)33-44(41,42)22(4)5/h22-28,33,36H,6-21H2,1-5H3,(H,32,37)(H2,31,39,40). The quantitative estimate of drug-likeness (QED) is 0.161. The number of carbonyl (C=O) groups is 2. The van der Waals surface area contributed by atoms with E-state index in [9.17, 15) is 31.5 Å². The van der Waals surface area contributed by atoms with Gasteiger partial charge in [-0.05, 0) is 64.7 Å². The Hall–Kier alpha value is -1.32. The van der Waals surface area contributed by atoms with Crippen molar-refractivity contribution in [1.82, 2.24) is 20.1 Å². The van der Waals surface area contributed by atoms with E-state index in [4.69, 9.17) is 5.14 Å². The Morgan fingerprint density at radius 3 is 1.98 bits per heavy atom. The van der Waals surface area contributed by atoms with Crippen molar-refractivity contribution in [2.45, 2.75) is 134 Å². The molecular weight excluding hydrogens is 606 g/mol. The summed E-state index contributed by atoms with van der Waals surface area (Å²) in [5.74, 6) is -1.67. The third kappa shape index (κ3) is 12.1. The zero-order chi connectivity index (χ0) is 33.1. The van der Waals surface area contributed by atoms with Crippen molar-refractivity contribution in [2.24, 2.45) is 22.9 Å². The van der Waals surface area contributed by atoms with E-state index < -0.39 is 60.4 Å². The molecule has 5 unspecified atom stereocenters. The molecule has 2 fully saturated rings. The Bertz CT molecular complexity index is 1110. The monoisotopic (exact) mass is 665 g/mol. The molecule has 0 bridgehead atoms. The van der Waals surface area contributed by atoms with Crippen LogP contribution in [0.4, 0.5) is 0 Å². The fraction of sp³-hybridized carbons (Fsp3) is 0.933. The maximum atomic E-state index is 13.8. The van der Waals surface area contributed by atoms with Crippen molar-refractivity contribution in [2.75, 3.05) is 26.2 Å². The molecule has 44 heavy (non-hydrogen) atoms. The van der Waals surface area contributed by atoms with E-state index in [-0.39, 0.29) is 31.7 Å². The van der Waals surface area contributed by atoms with E-state index in [0.717, 1.165) is 44.9 Å². The van der Waals surface area contributed by atoms with Crippen LogP contribution in [0.15, 0.2) is 0 Å². The van der Waals surface area contributed by atoms with E-state index in [0.29, 0.717) is 38.4 Å². The minimum atomic E-state index is -4.00. The molecule has 0 radical (unpaired) electrons. The van der Waals surface area contributed by atoms with Gasteiger partial charge in [0.2, 0.25) is 31.9 Å². The molecule has 2 aliphatic rings. The summed E-state index contributed by atoms with van der Waals surface area (Å²) < 4.78 is 50.2. The summed E-state index contributed by atoms with van der Waals surface area (Å²) in [4.78, 5) is 31.7. The van der Waals surface area contributed by atoms with Gasteiger partial charge in [-0.3, -0.25) is 9.59 Å². The lowest BCUT2D eigenvalue weighted by atomic mass is 9.79. The van der Waals surface area contributed by atoms with Gasteiger partial charge in [-0.2, -0.15) is 0 Å². The molecule has 0 spiro atoms. The third-order valence-electron chi connectivity index (χ3n) is 9.03. The van der Waals surface area contributed by atoms with Crippen molar-refractivity contribution in [3.63, 3.8) is 0 Å². The SMILES string of the molecule is CCCN(CC(O)C(CC1CCCCC1)NC(=O)C1CC(C(=O)N(CCC)CCC)CC(S(N)(=O)=O)C1)NS(=O)(=O)C(C)C. The zero-order valence-corrected chi connectivity index (χ0v) is 29.2. The van der Waals surface area contributed by atoms with Crippen LogP contribution in [0, 0.1) is 17.8 Å². The number of hydrazine groups is 1. The summed E-state index contributed by atoms with van der Waals surface area (Å²) in [5, 5.41) is 19.9. The van der Waals surface area contributed by atoms with Crippen molar-refractivity contribution >= 4 is 31.9 Å². The first kappa shape index (κ1) is 38.9. The first-order valence-corrected chi connectivity index (χ1v) is 19.8. The van der Waals surface area contributed by atoms with Crippen molar-refractivity contribution < 1.29 is 31.5 Å². The minimum absolute atomic E-state index is 0.0123. The lowest BCUT2D eigenvalue weighted by molar-refractivity contribution is -0.138. The second-order valence-corrected chi connectivity index (χ2v) is 17.3. The number of amides is 2. The number of nitrogens with zero attached hydrogens (tertiary/aromatic N) is 2. The summed E-state index contributed by atoms with van der Waals surface area (Å²) in [7, 11) is -7.63. The van der Waals surface area contributed by atoms with Crippen LogP contribution >= 0.6 is 0 Å². The first-order valence-electron chi connectivity index (χ1n) is 16.7. The van der Waals surface area contributed by atoms with Gasteiger partial charge in [0.1, 0.15) is 0 Å². The molecular formula is C30H59N5O7S2. The number of carbonyl (C=O) groups excluding carboxylic acids is 2. The number of sulfonamides is 2. The first-order chi connectivity index (χ1) is 20.6. The molecule has 0 aromatic heterocycles. The van der Waals surface area contributed by atoms with Crippen LogP contribution < -0.4 is 15.3 Å². The predicted molar refractivity (Wildman–Crippen MR) is 173 cm³/mol. The fourth-order valence-corrected chi connectivity index (χ4v) is 8.30. The summed E-state index contributed by atoms with van der Waals surface area (Å²) in [6.07, 6.45) is 7.20. The van der Waals surface area contributed by atoms with E-state index in [1.165, 1.54) is 5.01 Å². The smallest absolute Gasteiger partial charge is 0.226 e. The topological polar surface area (TPSA) is 179 Å². The average molecular weight is 666 g/mol. The maximum absolute atomic E-state index is 13.8. The number of aliphatic hydroxyl groups is 1. The van der Waals surface area contributed by atoms with Crippen LogP contribution in [0.1, 0.15) is 112 Å². The van der Waals surface area contributed by atoms with Gasteiger partial charge in [0.05, 0.1) is 22.6 Å². The summed E-state index contributed by atoms with van der Waals surface area (Å²) in [6, 6.07) is -0.672. The van der Waals surface area contributed by atoms with Gasteiger partial charge >= 0.3 is 0 Å². The van der Waals surface area contributed by atoms with E-state index in [1.807, 2.05) is 20.8 Å². The molecule has 2 aliphatic carbocycles.